The molecule has 0 amide bonds. The number of aryl methyl sites for hydroxylation is 2. The molecule has 4 N–H and O–H groups in total. The van der Waals surface area contributed by atoms with Crippen LogP contribution in [-0.2, 0) is 22.9 Å². The van der Waals surface area contributed by atoms with Crippen LogP contribution in [0, 0.1) is 0 Å². The van der Waals surface area contributed by atoms with Crippen molar-refractivity contribution in [3.8, 4) is 11.5 Å². The summed E-state index contributed by atoms with van der Waals surface area (Å²) < 4.78 is 32.2. The Balaban J connectivity index is 0.00000306. The van der Waals surface area contributed by atoms with E-state index in [1.165, 1.54) is 58.3 Å². The molecule has 4 rings (SSSR count). The Bertz CT molecular complexity index is 1210. The largest absolute Gasteiger partial charge is 0.506 e. The average molecular weight is 513 g/mol. The highest BCUT2D eigenvalue weighted by molar-refractivity contribution is 7.92. The van der Waals surface area contributed by atoms with Crippen LogP contribution >= 0.6 is 23.7 Å². The van der Waals surface area contributed by atoms with E-state index in [9.17, 15) is 18.6 Å². The maximum atomic E-state index is 11.4. The number of ether oxygens (including phenoxy) is 1. The quantitative estimate of drug-likeness (QED) is 0.255. The van der Waals surface area contributed by atoms with Crippen LogP contribution in [0.15, 0.2) is 36.4 Å². The highest BCUT2D eigenvalue weighted by Crippen LogP contribution is 2.38. The second-order valence-electron chi connectivity index (χ2n) is 8.09. The minimum Gasteiger partial charge on any atom is -0.506 e. The number of benzene rings is 2. The van der Waals surface area contributed by atoms with Crippen LogP contribution in [-0.4, -0.2) is 44.6 Å². The first kappa shape index (κ1) is 25.6. The Morgan fingerprint density at radius 1 is 1.15 bits per heavy atom. The number of fused-ring (bicyclic) bond motifs is 3. The van der Waals surface area contributed by atoms with Crippen LogP contribution in [0.25, 0.3) is 10.1 Å². The van der Waals surface area contributed by atoms with E-state index in [4.69, 9.17) is 4.74 Å². The van der Waals surface area contributed by atoms with Gasteiger partial charge in [0.2, 0.25) is 10.0 Å². The summed E-state index contributed by atoms with van der Waals surface area (Å²) in [7, 11) is -3.53. The van der Waals surface area contributed by atoms with Crippen molar-refractivity contribution in [3.63, 3.8) is 0 Å². The first-order valence-corrected chi connectivity index (χ1v) is 13.4. The van der Waals surface area contributed by atoms with E-state index in [1.807, 2.05) is 17.4 Å². The molecule has 0 saturated carbocycles. The van der Waals surface area contributed by atoms with Gasteiger partial charge in [-0.15, -0.1) is 23.7 Å². The van der Waals surface area contributed by atoms with Gasteiger partial charge in [0.05, 0.1) is 18.0 Å². The Kier molecular flexibility index (Phi) is 8.47. The SMILES string of the molecule is CS(=O)(=O)Nc1cc([C@@H](O)CNCCOc2ccc3c4c(sc3c2)CCCC4)ccc1O.Cl. The van der Waals surface area contributed by atoms with Crippen molar-refractivity contribution in [2.75, 3.05) is 30.7 Å². The average Bonchev–Trinajstić information content (AvgIpc) is 3.11. The third-order valence-corrected chi connectivity index (χ3v) is 7.36. The fraction of sp³-hybridized carbons (Fsp3) is 0.391. The smallest absolute Gasteiger partial charge is 0.229 e. The maximum absolute atomic E-state index is 11.4. The van der Waals surface area contributed by atoms with E-state index in [0.717, 1.165) is 12.0 Å². The topological polar surface area (TPSA) is 108 Å². The lowest BCUT2D eigenvalue weighted by molar-refractivity contribution is 0.172. The van der Waals surface area contributed by atoms with Crippen LogP contribution in [0.3, 0.4) is 0 Å². The lowest BCUT2D eigenvalue weighted by Crippen LogP contribution is -2.26. The van der Waals surface area contributed by atoms with Crippen molar-refractivity contribution in [1.82, 2.24) is 5.32 Å². The third-order valence-electron chi connectivity index (χ3n) is 5.51. The summed E-state index contributed by atoms with van der Waals surface area (Å²) in [5.41, 5.74) is 2.05. The molecular formula is C23H29ClN2O5S2. The minimum absolute atomic E-state index is 0. The van der Waals surface area contributed by atoms with Gasteiger partial charge in [0.1, 0.15) is 18.1 Å². The van der Waals surface area contributed by atoms with Crippen LogP contribution in [0.2, 0.25) is 0 Å². The fourth-order valence-electron chi connectivity index (χ4n) is 3.97. The van der Waals surface area contributed by atoms with E-state index in [1.54, 1.807) is 6.07 Å². The standard InChI is InChI=1S/C23H28N2O5S2.ClH/c1-32(28,29)25-19-12-15(6-9-20(19)26)21(27)14-24-10-11-30-16-7-8-18-17-4-2-3-5-22(17)31-23(18)13-16;/h6-9,12-13,21,24-27H,2-5,10-11,14H2,1H3;1H/t21-;/m0./s1. The number of sulfonamides is 1. The van der Waals surface area contributed by atoms with Crippen LogP contribution in [0.4, 0.5) is 5.69 Å². The van der Waals surface area contributed by atoms with Gasteiger partial charge in [-0.2, -0.15) is 0 Å². The first-order chi connectivity index (χ1) is 15.3. The summed E-state index contributed by atoms with van der Waals surface area (Å²) in [5.74, 6) is 0.643. The molecule has 180 valence electrons. The van der Waals surface area contributed by atoms with Gasteiger partial charge in [0.15, 0.2) is 0 Å². The normalized spacial score (nSPS) is 14.4. The van der Waals surface area contributed by atoms with Gasteiger partial charge in [0, 0.05) is 22.7 Å². The lowest BCUT2D eigenvalue weighted by atomic mass is 9.96. The number of hydrogen-bond acceptors (Lipinski definition) is 7. The van der Waals surface area contributed by atoms with Gasteiger partial charge in [-0.25, -0.2) is 8.42 Å². The molecule has 0 unspecified atom stereocenters. The minimum atomic E-state index is -3.53. The Morgan fingerprint density at radius 3 is 2.73 bits per heavy atom. The number of aliphatic hydroxyl groups is 1. The number of aliphatic hydroxyl groups excluding tert-OH is 1. The highest BCUT2D eigenvalue weighted by Gasteiger charge is 2.16. The third kappa shape index (κ3) is 6.51. The molecule has 7 nitrogen and oxygen atoms in total. The van der Waals surface area contributed by atoms with E-state index in [-0.39, 0.29) is 30.4 Å². The van der Waals surface area contributed by atoms with Gasteiger partial charge in [-0.05, 0) is 72.5 Å². The molecule has 0 bridgehead atoms. The van der Waals surface area contributed by atoms with E-state index in [0.29, 0.717) is 18.7 Å². The highest BCUT2D eigenvalue weighted by atomic mass is 35.5. The molecule has 0 spiro atoms. The summed E-state index contributed by atoms with van der Waals surface area (Å²) in [4.78, 5) is 1.52. The predicted molar refractivity (Wildman–Crippen MR) is 136 cm³/mol. The van der Waals surface area contributed by atoms with Gasteiger partial charge >= 0.3 is 0 Å². The number of rotatable bonds is 9. The monoisotopic (exact) mass is 512 g/mol. The van der Waals surface area contributed by atoms with Gasteiger partial charge in [-0.1, -0.05) is 6.07 Å². The van der Waals surface area contributed by atoms with Crippen LogP contribution < -0.4 is 14.8 Å². The molecule has 2 aromatic carbocycles. The van der Waals surface area contributed by atoms with Crippen LogP contribution in [0.5, 0.6) is 11.5 Å². The van der Waals surface area contributed by atoms with E-state index < -0.39 is 16.1 Å². The van der Waals surface area contributed by atoms with Crippen molar-refractivity contribution in [1.29, 1.82) is 0 Å². The van der Waals surface area contributed by atoms with Crippen molar-refractivity contribution in [2.24, 2.45) is 0 Å². The molecular weight excluding hydrogens is 484 g/mol. The Hall–Kier alpha value is -2.04. The molecule has 0 radical (unpaired) electrons. The maximum Gasteiger partial charge on any atom is 0.229 e. The van der Waals surface area contributed by atoms with Crippen LogP contribution in [0.1, 0.15) is 34.9 Å². The fourth-order valence-corrected chi connectivity index (χ4v) is 5.86. The molecule has 3 aromatic rings. The number of thiophene rings is 1. The number of halogens is 1. The van der Waals surface area contributed by atoms with Crippen molar-refractivity contribution >= 4 is 49.5 Å². The molecule has 1 atom stereocenters. The first-order valence-electron chi connectivity index (χ1n) is 10.7. The molecule has 10 heteroatoms. The van der Waals surface area contributed by atoms with Gasteiger partial charge in [-0.3, -0.25) is 4.72 Å². The van der Waals surface area contributed by atoms with E-state index >= 15 is 0 Å². The predicted octanol–water partition coefficient (Wildman–Crippen LogP) is 3.98. The summed E-state index contributed by atoms with van der Waals surface area (Å²) in [6.07, 6.45) is 5.05. The van der Waals surface area contributed by atoms with Crippen molar-refractivity contribution < 1.29 is 23.4 Å². The zero-order valence-corrected chi connectivity index (χ0v) is 20.8. The zero-order valence-electron chi connectivity index (χ0n) is 18.3. The van der Waals surface area contributed by atoms with Gasteiger partial charge in [0.25, 0.3) is 0 Å². The number of aromatic hydroxyl groups is 1. The number of anilines is 1. The van der Waals surface area contributed by atoms with Crippen molar-refractivity contribution in [2.45, 2.75) is 31.8 Å². The second kappa shape index (κ2) is 10.9. The molecule has 0 aliphatic heterocycles. The molecule has 1 aromatic heterocycles. The molecule has 1 heterocycles. The molecule has 1 aliphatic carbocycles. The summed E-state index contributed by atoms with van der Waals surface area (Å²) >= 11 is 1.88. The summed E-state index contributed by atoms with van der Waals surface area (Å²) in [6, 6.07) is 10.6. The van der Waals surface area contributed by atoms with Gasteiger partial charge < -0.3 is 20.3 Å². The number of phenolic OH excluding ortho intramolecular Hbond substituents is 1. The number of nitrogens with one attached hydrogen (secondary N) is 2. The summed E-state index contributed by atoms with van der Waals surface area (Å²) in [6.45, 7) is 1.27. The molecule has 0 fully saturated rings. The van der Waals surface area contributed by atoms with E-state index in [2.05, 4.69) is 22.2 Å². The second-order valence-corrected chi connectivity index (χ2v) is 11.0. The molecule has 1 aliphatic rings. The van der Waals surface area contributed by atoms with Crippen molar-refractivity contribution in [3.05, 3.63) is 52.4 Å². The zero-order chi connectivity index (χ0) is 22.7. The number of hydrogen-bond donors (Lipinski definition) is 4. The Labute approximate surface area is 204 Å². The molecule has 33 heavy (non-hydrogen) atoms. The lowest BCUT2D eigenvalue weighted by Gasteiger charge is -2.15. The number of phenols is 1. The molecule has 0 saturated heterocycles. The summed E-state index contributed by atoms with van der Waals surface area (Å²) in [5, 5.41) is 24.7. The Morgan fingerprint density at radius 2 is 1.94 bits per heavy atom.